The molecule has 35 heavy (non-hydrogen) atoms. The second-order valence-electron chi connectivity index (χ2n) is 8.06. The second kappa shape index (κ2) is 11.5. The molecular formula is C26H29N3O5S. The molecule has 0 saturated carbocycles. The van der Waals surface area contributed by atoms with Crippen LogP contribution in [0, 0.1) is 13.8 Å². The normalized spacial score (nSPS) is 10.9. The van der Waals surface area contributed by atoms with Crippen molar-refractivity contribution < 1.29 is 22.7 Å². The van der Waals surface area contributed by atoms with Crippen molar-refractivity contribution in [2.24, 2.45) is 0 Å². The molecule has 0 unspecified atom stereocenters. The molecule has 9 heteroatoms. The van der Waals surface area contributed by atoms with Crippen molar-refractivity contribution in [3.63, 3.8) is 0 Å². The maximum absolute atomic E-state index is 12.8. The molecule has 3 N–H and O–H groups in total. The first kappa shape index (κ1) is 25.8. The average molecular weight is 496 g/mol. The Balaban J connectivity index is 1.63. The molecule has 0 saturated heterocycles. The summed E-state index contributed by atoms with van der Waals surface area (Å²) in [4.78, 5) is 24.7. The van der Waals surface area contributed by atoms with Gasteiger partial charge in [0.25, 0.3) is 0 Å². The number of urea groups is 1. The summed E-state index contributed by atoms with van der Waals surface area (Å²) in [5.41, 5.74) is 3.19. The molecule has 0 fully saturated rings. The standard InChI is InChI=1S/C26H29N3O5S/c1-4-5-16-34-26(31)28-21-9-8-19(3)24(17-21)29-25(30)27-20-10-14-23(15-11-20)35(32,33)22-12-6-18(2)7-13-22/h6-15,17H,4-5,16H2,1-3H3,(H,28,31)(H2,27,29,30). The highest BCUT2D eigenvalue weighted by Gasteiger charge is 2.17. The molecule has 8 nitrogen and oxygen atoms in total. The minimum absolute atomic E-state index is 0.132. The molecule has 3 aromatic rings. The van der Waals surface area contributed by atoms with Gasteiger partial charge in [-0.3, -0.25) is 5.32 Å². The summed E-state index contributed by atoms with van der Waals surface area (Å²) in [7, 11) is -3.65. The van der Waals surface area contributed by atoms with Crippen molar-refractivity contribution in [2.75, 3.05) is 22.6 Å². The zero-order valence-electron chi connectivity index (χ0n) is 19.9. The summed E-state index contributed by atoms with van der Waals surface area (Å²) in [6.07, 6.45) is 1.15. The van der Waals surface area contributed by atoms with Crippen molar-refractivity contribution in [3.05, 3.63) is 77.9 Å². The lowest BCUT2D eigenvalue weighted by molar-refractivity contribution is 0.160. The van der Waals surface area contributed by atoms with E-state index in [9.17, 15) is 18.0 Å². The highest BCUT2D eigenvalue weighted by molar-refractivity contribution is 7.91. The molecule has 0 aliphatic carbocycles. The summed E-state index contributed by atoms with van der Waals surface area (Å²) in [6, 6.07) is 17.2. The van der Waals surface area contributed by atoms with Gasteiger partial charge in [0, 0.05) is 17.1 Å². The van der Waals surface area contributed by atoms with Crippen LogP contribution < -0.4 is 16.0 Å². The first-order valence-corrected chi connectivity index (χ1v) is 12.7. The molecule has 0 spiro atoms. The van der Waals surface area contributed by atoms with Crippen molar-refractivity contribution in [1.29, 1.82) is 0 Å². The number of hydrogen-bond acceptors (Lipinski definition) is 5. The number of rotatable bonds is 8. The molecule has 184 valence electrons. The van der Waals surface area contributed by atoms with Crippen LogP contribution in [0.2, 0.25) is 0 Å². The van der Waals surface area contributed by atoms with Gasteiger partial charge in [0.2, 0.25) is 9.84 Å². The molecule has 0 aliphatic rings. The molecule has 3 amide bonds. The Kier molecular flexibility index (Phi) is 8.48. The van der Waals surface area contributed by atoms with Gasteiger partial charge in [-0.25, -0.2) is 18.0 Å². The van der Waals surface area contributed by atoms with Crippen LogP contribution in [0.5, 0.6) is 0 Å². The van der Waals surface area contributed by atoms with Crippen LogP contribution in [0.15, 0.2) is 76.5 Å². The fourth-order valence-electron chi connectivity index (χ4n) is 3.15. The van der Waals surface area contributed by atoms with Crippen LogP contribution in [0.4, 0.5) is 26.7 Å². The maximum atomic E-state index is 12.8. The van der Waals surface area contributed by atoms with Gasteiger partial charge < -0.3 is 15.4 Å². The van der Waals surface area contributed by atoms with Crippen molar-refractivity contribution in [2.45, 2.75) is 43.4 Å². The highest BCUT2D eigenvalue weighted by atomic mass is 32.2. The third-order valence-electron chi connectivity index (χ3n) is 5.22. The number of nitrogens with one attached hydrogen (secondary N) is 3. The smallest absolute Gasteiger partial charge is 0.411 e. The number of unbranched alkanes of at least 4 members (excludes halogenated alkanes) is 1. The van der Waals surface area contributed by atoms with E-state index in [0.29, 0.717) is 23.7 Å². The van der Waals surface area contributed by atoms with Gasteiger partial charge in [-0.15, -0.1) is 0 Å². The van der Waals surface area contributed by atoms with Crippen molar-refractivity contribution in [1.82, 2.24) is 0 Å². The zero-order valence-corrected chi connectivity index (χ0v) is 20.7. The number of ether oxygens (including phenoxy) is 1. The van der Waals surface area contributed by atoms with Gasteiger partial charge in [0.15, 0.2) is 0 Å². The Morgan fingerprint density at radius 2 is 1.40 bits per heavy atom. The lowest BCUT2D eigenvalue weighted by atomic mass is 10.2. The van der Waals surface area contributed by atoms with Gasteiger partial charge in [0.05, 0.1) is 16.4 Å². The van der Waals surface area contributed by atoms with E-state index in [1.54, 1.807) is 42.5 Å². The third kappa shape index (κ3) is 7.07. The minimum Gasteiger partial charge on any atom is -0.449 e. The number of carbonyl (C=O) groups is 2. The number of benzene rings is 3. The first-order valence-electron chi connectivity index (χ1n) is 11.2. The fraction of sp³-hybridized carbons (Fsp3) is 0.231. The van der Waals surface area contributed by atoms with E-state index >= 15 is 0 Å². The van der Waals surface area contributed by atoms with Crippen molar-refractivity contribution >= 4 is 39.0 Å². The Morgan fingerprint density at radius 1 is 0.800 bits per heavy atom. The highest BCUT2D eigenvalue weighted by Crippen LogP contribution is 2.24. The van der Waals surface area contributed by atoms with Gasteiger partial charge in [0.1, 0.15) is 0 Å². The fourth-order valence-corrected chi connectivity index (χ4v) is 4.41. The maximum Gasteiger partial charge on any atom is 0.411 e. The number of carbonyl (C=O) groups excluding carboxylic acids is 2. The molecular weight excluding hydrogens is 466 g/mol. The summed E-state index contributed by atoms with van der Waals surface area (Å²) in [6.45, 7) is 6.06. The molecule has 0 heterocycles. The van der Waals surface area contributed by atoms with Gasteiger partial charge in [-0.2, -0.15) is 0 Å². The molecule has 0 radical (unpaired) electrons. The van der Waals surface area contributed by atoms with E-state index in [-0.39, 0.29) is 9.79 Å². The first-order chi connectivity index (χ1) is 16.7. The van der Waals surface area contributed by atoms with Crippen LogP contribution in [-0.2, 0) is 14.6 Å². The number of hydrogen-bond donors (Lipinski definition) is 3. The number of amides is 3. The van der Waals surface area contributed by atoms with Crippen LogP contribution in [0.25, 0.3) is 0 Å². The second-order valence-corrected chi connectivity index (χ2v) is 10.0. The SMILES string of the molecule is CCCCOC(=O)Nc1ccc(C)c(NC(=O)Nc2ccc(S(=O)(=O)c3ccc(C)cc3)cc2)c1. The summed E-state index contributed by atoms with van der Waals surface area (Å²) in [5.74, 6) is 0. The van der Waals surface area contributed by atoms with E-state index in [1.807, 2.05) is 20.8 Å². The summed E-state index contributed by atoms with van der Waals surface area (Å²) >= 11 is 0. The Labute approximate surface area is 205 Å². The largest absolute Gasteiger partial charge is 0.449 e. The number of sulfone groups is 1. The lowest BCUT2D eigenvalue weighted by Crippen LogP contribution is -2.20. The minimum atomic E-state index is -3.65. The van der Waals surface area contributed by atoms with Crippen LogP contribution in [0.3, 0.4) is 0 Å². The quantitative estimate of drug-likeness (QED) is 0.325. The Bertz CT molecular complexity index is 1290. The molecule has 3 rings (SSSR count). The topological polar surface area (TPSA) is 114 Å². The summed E-state index contributed by atoms with van der Waals surface area (Å²) in [5, 5.41) is 8.06. The Hall–Kier alpha value is -3.85. The van der Waals surface area contributed by atoms with Gasteiger partial charge in [-0.1, -0.05) is 37.1 Å². The van der Waals surface area contributed by atoms with Crippen LogP contribution in [0.1, 0.15) is 30.9 Å². The van der Waals surface area contributed by atoms with E-state index in [4.69, 9.17) is 4.74 Å². The molecule has 0 bridgehead atoms. The number of anilines is 3. The Morgan fingerprint density at radius 3 is 2.03 bits per heavy atom. The molecule has 0 atom stereocenters. The predicted molar refractivity (Wildman–Crippen MR) is 137 cm³/mol. The van der Waals surface area contributed by atoms with E-state index in [1.165, 1.54) is 24.3 Å². The molecule has 0 aliphatic heterocycles. The monoisotopic (exact) mass is 495 g/mol. The van der Waals surface area contributed by atoms with E-state index in [2.05, 4.69) is 16.0 Å². The number of aryl methyl sites for hydroxylation is 2. The zero-order chi connectivity index (χ0) is 25.4. The lowest BCUT2D eigenvalue weighted by Gasteiger charge is -2.13. The average Bonchev–Trinajstić information content (AvgIpc) is 2.82. The molecule has 3 aromatic carbocycles. The van der Waals surface area contributed by atoms with E-state index in [0.717, 1.165) is 24.0 Å². The van der Waals surface area contributed by atoms with Crippen LogP contribution >= 0.6 is 0 Å². The third-order valence-corrected chi connectivity index (χ3v) is 7.00. The van der Waals surface area contributed by atoms with E-state index < -0.39 is 22.0 Å². The van der Waals surface area contributed by atoms with Gasteiger partial charge in [-0.05, 0) is 74.4 Å². The molecule has 0 aromatic heterocycles. The predicted octanol–water partition coefficient (Wildman–Crippen LogP) is 6.13. The van der Waals surface area contributed by atoms with Crippen LogP contribution in [-0.4, -0.2) is 27.1 Å². The summed E-state index contributed by atoms with van der Waals surface area (Å²) < 4.78 is 30.7. The van der Waals surface area contributed by atoms with Gasteiger partial charge >= 0.3 is 12.1 Å². The van der Waals surface area contributed by atoms with Crippen molar-refractivity contribution in [3.8, 4) is 0 Å².